The van der Waals surface area contributed by atoms with Gasteiger partial charge in [-0.3, -0.25) is 9.59 Å². The Morgan fingerprint density at radius 3 is 2.59 bits per heavy atom. The Morgan fingerprint density at radius 2 is 1.89 bits per heavy atom. The predicted molar refractivity (Wildman–Crippen MR) is 93.2 cm³/mol. The van der Waals surface area contributed by atoms with Gasteiger partial charge in [0, 0.05) is 24.7 Å². The van der Waals surface area contributed by atoms with Gasteiger partial charge in [-0.25, -0.2) is 13.6 Å². The normalized spacial score (nSPS) is 16.3. The average Bonchev–Trinajstić information content (AvgIpc) is 3.05. The zero-order valence-corrected chi connectivity index (χ0v) is 14.4. The number of nitrogens with one attached hydrogen (secondary N) is 1. The first-order chi connectivity index (χ1) is 12.9. The van der Waals surface area contributed by atoms with Crippen LogP contribution in [-0.4, -0.2) is 31.4 Å². The fourth-order valence-electron chi connectivity index (χ4n) is 2.90. The molecule has 6 nitrogen and oxygen atoms in total. The summed E-state index contributed by atoms with van der Waals surface area (Å²) in [5.74, 6) is -4.21. The molecule has 1 unspecified atom stereocenters. The molecular weight excluding hydrogens is 358 g/mol. The quantitative estimate of drug-likeness (QED) is 0.835. The molecule has 2 aromatic rings. The van der Waals surface area contributed by atoms with E-state index in [1.807, 2.05) is 0 Å². The van der Waals surface area contributed by atoms with Crippen molar-refractivity contribution >= 4 is 29.2 Å². The predicted octanol–water partition coefficient (Wildman–Crippen LogP) is 2.74. The minimum atomic E-state index is -1.07. The van der Waals surface area contributed by atoms with Crippen LogP contribution in [0.3, 0.4) is 0 Å². The summed E-state index contributed by atoms with van der Waals surface area (Å²) in [5.41, 5.74) is 0.646. The van der Waals surface area contributed by atoms with Crippen LogP contribution in [0.25, 0.3) is 0 Å². The van der Waals surface area contributed by atoms with Crippen LogP contribution in [0.2, 0.25) is 0 Å². The van der Waals surface area contributed by atoms with E-state index in [1.54, 1.807) is 18.2 Å². The number of hydrogen-bond acceptors (Lipinski definition) is 4. The maximum atomic E-state index is 13.4. The van der Waals surface area contributed by atoms with Crippen LogP contribution >= 0.6 is 0 Å². The highest BCUT2D eigenvalue weighted by Crippen LogP contribution is 2.27. The van der Waals surface area contributed by atoms with Gasteiger partial charge in [-0.05, 0) is 24.3 Å². The molecule has 0 saturated carbocycles. The molecule has 0 radical (unpaired) electrons. The van der Waals surface area contributed by atoms with E-state index in [4.69, 9.17) is 0 Å². The molecule has 1 aliphatic heterocycles. The number of benzene rings is 2. The Hall–Kier alpha value is -3.29. The summed E-state index contributed by atoms with van der Waals surface area (Å²) < 4.78 is 31.2. The van der Waals surface area contributed by atoms with Crippen LogP contribution in [0.1, 0.15) is 16.8 Å². The molecule has 140 valence electrons. The van der Waals surface area contributed by atoms with Crippen LogP contribution in [0.15, 0.2) is 42.5 Å². The van der Waals surface area contributed by atoms with Crippen molar-refractivity contribution in [2.45, 2.75) is 6.42 Å². The van der Waals surface area contributed by atoms with Gasteiger partial charge in [-0.15, -0.1) is 0 Å². The highest BCUT2D eigenvalue weighted by atomic mass is 19.2. The molecule has 1 atom stereocenters. The van der Waals surface area contributed by atoms with E-state index in [0.29, 0.717) is 0 Å². The third-order valence-corrected chi connectivity index (χ3v) is 4.30. The summed E-state index contributed by atoms with van der Waals surface area (Å²) >= 11 is 0. The van der Waals surface area contributed by atoms with Crippen LogP contribution < -0.4 is 10.2 Å². The van der Waals surface area contributed by atoms with E-state index in [2.05, 4.69) is 10.1 Å². The lowest BCUT2D eigenvalue weighted by atomic mass is 10.1. The Kier molecular flexibility index (Phi) is 5.16. The van der Waals surface area contributed by atoms with Gasteiger partial charge in [0.25, 0.3) is 0 Å². The van der Waals surface area contributed by atoms with Gasteiger partial charge in [0.1, 0.15) is 0 Å². The second-order valence-corrected chi connectivity index (χ2v) is 6.03. The monoisotopic (exact) mass is 374 g/mol. The maximum Gasteiger partial charge on any atom is 0.339 e. The van der Waals surface area contributed by atoms with Crippen LogP contribution in [0.4, 0.5) is 20.2 Å². The van der Waals surface area contributed by atoms with Gasteiger partial charge >= 0.3 is 5.97 Å². The molecular formula is C19H16F2N2O4. The molecule has 8 heteroatoms. The molecule has 0 spiro atoms. The number of ether oxygens (including phenoxy) is 1. The van der Waals surface area contributed by atoms with Crippen LogP contribution in [0.5, 0.6) is 0 Å². The zero-order chi connectivity index (χ0) is 19.6. The van der Waals surface area contributed by atoms with Crippen molar-refractivity contribution in [2.24, 2.45) is 5.92 Å². The Bertz CT molecular complexity index is 916. The summed E-state index contributed by atoms with van der Waals surface area (Å²) in [5, 5.41) is 2.63. The van der Waals surface area contributed by atoms with Crippen molar-refractivity contribution in [1.82, 2.24) is 0 Å². The lowest BCUT2D eigenvalue weighted by Crippen LogP contribution is -2.28. The third-order valence-electron chi connectivity index (χ3n) is 4.30. The minimum Gasteiger partial charge on any atom is -0.465 e. The van der Waals surface area contributed by atoms with Crippen molar-refractivity contribution in [1.29, 1.82) is 0 Å². The van der Waals surface area contributed by atoms with Crippen LogP contribution in [-0.2, 0) is 14.3 Å². The lowest BCUT2D eigenvalue weighted by Gasteiger charge is -2.17. The van der Waals surface area contributed by atoms with E-state index in [-0.39, 0.29) is 35.8 Å². The molecule has 1 fully saturated rings. The number of carbonyl (C=O) groups excluding carboxylic acids is 3. The van der Waals surface area contributed by atoms with E-state index in [9.17, 15) is 23.2 Å². The molecule has 0 bridgehead atoms. The highest BCUT2D eigenvalue weighted by Gasteiger charge is 2.35. The summed E-state index contributed by atoms with van der Waals surface area (Å²) in [7, 11) is 1.23. The molecule has 2 aromatic carbocycles. The van der Waals surface area contributed by atoms with Gasteiger partial charge in [0.15, 0.2) is 11.6 Å². The Morgan fingerprint density at radius 1 is 1.15 bits per heavy atom. The number of anilines is 2. The second kappa shape index (κ2) is 7.53. The number of esters is 1. The second-order valence-electron chi connectivity index (χ2n) is 6.03. The van der Waals surface area contributed by atoms with E-state index >= 15 is 0 Å². The summed E-state index contributed by atoms with van der Waals surface area (Å²) in [6, 6.07) is 9.46. The first-order valence-corrected chi connectivity index (χ1v) is 8.14. The van der Waals surface area contributed by atoms with E-state index < -0.39 is 29.4 Å². The van der Waals surface area contributed by atoms with E-state index in [0.717, 1.165) is 12.1 Å². The van der Waals surface area contributed by atoms with E-state index in [1.165, 1.54) is 24.1 Å². The Balaban J connectivity index is 1.75. The van der Waals surface area contributed by atoms with Gasteiger partial charge < -0.3 is 15.0 Å². The molecule has 1 saturated heterocycles. The number of halogens is 2. The highest BCUT2D eigenvalue weighted by molar-refractivity contribution is 6.06. The topological polar surface area (TPSA) is 75.7 Å². The Labute approximate surface area is 153 Å². The lowest BCUT2D eigenvalue weighted by molar-refractivity contribution is -0.122. The maximum absolute atomic E-state index is 13.4. The van der Waals surface area contributed by atoms with Crippen molar-refractivity contribution in [3.63, 3.8) is 0 Å². The molecule has 0 aliphatic carbocycles. The summed E-state index contributed by atoms with van der Waals surface area (Å²) in [4.78, 5) is 37.8. The van der Waals surface area contributed by atoms with Crippen molar-refractivity contribution < 1.29 is 27.9 Å². The molecule has 1 heterocycles. The van der Waals surface area contributed by atoms with Gasteiger partial charge in [0.05, 0.1) is 24.3 Å². The molecule has 0 aromatic heterocycles. The molecule has 27 heavy (non-hydrogen) atoms. The number of carbonyl (C=O) groups is 3. The van der Waals surface area contributed by atoms with Gasteiger partial charge in [0.2, 0.25) is 11.8 Å². The number of hydrogen-bond donors (Lipinski definition) is 1. The number of rotatable bonds is 4. The summed E-state index contributed by atoms with van der Waals surface area (Å²) in [6.07, 6.45) is -0.0782. The van der Waals surface area contributed by atoms with Crippen LogP contribution in [0, 0.1) is 17.6 Å². The number of nitrogens with zero attached hydrogens (tertiary/aromatic N) is 1. The van der Waals surface area contributed by atoms with Gasteiger partial charge in [-0.2, -0.15) is 0 Å². The zero-order valence-electron chi connectivity index (χ0n) is 14.4. The van der Waals surface area contributed by atoms with Crippen molar-refractivity contribution in [3.05, 3.63) is 59.7 Å². The standard InChI is InChI=1S/C19H16F2N2O4/c1-27-19(26)13-4-2-3-5-16(13)22-18(25)11-8-17(24)23(10-11)12-6-7-14(20)15(21)9-12/h2-7,9,11H,8,10H2,1H3,(H,22,25). The molecule has 3 rings (SSSR count). The largest absolute Gasteiger partial charge is 0.465 e. The number of methoxy groups -OCH3 is 1. The minimum absolute atomic E-state index is 0.0239. The first-order valence-electron chi connectivity index (χ1n) is 8.14. The molecule has 1 aliphatic rings. The van der Waals surface area contributed by atoms with Gasteiger partial charge in [-0.1, -0.05) is 12.1 Å². The smallest absolute Gasteiger partial charge is 0.339 e. The van der Waals surface area contributed by atoms with Crippen molar-refractivity contribution in [3.8, 4) is 0 Å². The first kappa shape index (κ1) is 18.5. The third kappa shape index (κ3) is 3.79. The number of amides is 2. The fraction of sp³-hybridized carbons (Fsp3) is 0.211. The molecule has 2 amide bonds. The SMILES string of the molecule is COC(=O)c1ccccc1NC(=O)C1CC(=O)N(c2ccc(F)c(F)c2)C1. The van der Waals surface area contributed by atoms with Crippen molar-refractivity contribution in [2.75, 3.05) is 23.9 Å². The average molecular weight is 374 g/mol. The number of para-hydroxylation sites is 1. The summed E-state index contributed by atoms with van der Waals surface area (Å²) in [6.45, 7) is 0.0239. The fourth-order valence-corrected chi connectivity index (χ4v) is 2.90. The molecule has 1 N–H and O–H groups in total.